The molecule has 1 aromatic carbocycles. The Kier molecular flexibility index (Phi) is 4.58. The second kappa shape index (κ2) is 6.04. The van der Waals surface area contributed by atoms with Gasteiger partial charge < -0.3 is 10.5 Å². The molecule has 0 spiro atoms. The average molecular weight is 314 g/mol. The Labute approximate surface area is 128 Å². The lowest BCUT2D eigenvalue weighted by Crippen LogP contribution is -2.18. The molecule has 20 heavy (non-hydrogen) atoms. The molecule has 108 valence electrons. The zero-order valence-corrected chi connectivity index (χ0v) is 13.2. The van der Waals surface area contributed by atoms with Gasteiger partial charge in [0.05, 0.1) is 10.7 Å². The minimum atomic E-state index is 0.0286. The molecule has 0 saturated carbocycles. The first kappa shape index (κ1) is 15.2. The van der Waals surface area contributed by atoms with Gasteiger partial charge in [0.1, 0.15) is 5.75 Å². The highest BCUT2D eigenvalue weighted by Gasteiger charge is 2.17. The number of hydrogen-bond donors (Lipinski definition) is 1. The summed E-state index contributed by atoms with van der Waals surface area (Å²) in [6.45, 7) is 3.89. The van der Waals surface area contributed by atoms with Crippen LogP contribution in [0.4, 0.5) is 0 Å². The summed E-state index contributed by atoms with van der Waals surface area (Å²) >= 11 is 12.0. The average Bonchev–Trinajstić information content (AvgIpc) is 2.58. The lowest BCUT2D eigenvalue weighted by Gasteiger charge is -2.11. The number of aryl methyl sites for hydroxylation is 2. The molecule has 1 atom stereocenters. The van der Waals surface area contributed by atoms with E-state index in [1.54, 1.807) is 22.9 Å². The molecule has 1 heterocycles. The van der Waals surface area contributed by atoms with Crippen LogP contribution in [-0.4, -0.2) is 15.8 Å². The third-order valence-electron chi connectivity index (χ3n) is 2.92. The lowest BCUT2D eigenvalue weighted by atomic mass is 10.1. The van der Waals surface area contributed by atoms with E-state index in [0.29, 0.717) is 28.1 Å². The van der Waals surface area contributed by atoms with Gasteiger partial charge in [-0.05, 0) is 38.5 Å². The third kappa shape index (κ3) is 3.26. The minimum Gasteiger partial charge on any atom is -0.437 e. The molecule has 0 aliphatic rings. The Hall–Kier alpha value is -1.23. The molecule has 2 rings (SSSR count). The first-order chi connectivity index (χ1) is 9.38. The highest BCUT2D eigenvalue weighted by molar-refractivity contribution is 6.35. The standard InChI is InChI=1S/C14H17Cl2N3O/c1-8(17)6-11-9(2)18-19(3)14(11)20-13-5-4-10(15)7-12(13)16/h4-5,7-8H,6,17H2,1-3H3. The second-order valence-corrected chi connectivity index (χ2v) is 5.69. The van der Waals surface area contributed by atoms with Crippen LogP contribution in [0.1, 0.15) is 18.2 Å². The maximum Gasteiger partial charge on any atom is 0.221 e. The van der Waals surface area contributed by atoms with Crippen LogP contribution >= 0.6 is 23.2 Å². The predicted octanol–water partition coefficient (Wildman–Crippen LogP) is 3.72. The molecule has 4 nitrogen and oxygen atoms in total. The van der Waals surface area contributed by atoms with Gasteiger partial charge in [-0.2, -0.15) is 5.10 Å². The summed E-state index contributed by atoms with van der Waals surface area (Å²) in [5, 5.41) is 5.40. The quantitative estimate of drug-likeness (QED) is 0.936. The molecule has 0 saturated heterocycles. The van der Waals surface area contributed by atoms with Crippen molar-refractivity contribution in [2.75, 3.05) is 0 Å². The van der Waals surface area contributed by atoms with Crippen LogP contribution in [0.3, 0.4) is 0 Å². The summed E-state index contributed by atoms with van der Waals surface area (Å²) in [7, 11) is 1.83. The highest BCUT2D eigenvalue weighted by atomic mass is 35.5. The van der Waals surface area contributed by atoms with E-state index in [0.717, 1.165) is 11.3 Å². The molecule has 1 unspecified atom stereocenters. The zero-order chi connectivity index (χ0) is 14.9. The van der Waals surface area contributed by atoms with Crippen molar-refractivity contribution >= 4 is 23.2 Å². The molecule has 2 N–H and O–H groups in total. The summed E-state index contributed by atoms with van der Waals surface area (Å²) in [6.07, 6.45) is 0.695. The Morgan fingerprint density at radius 2 is 2.10 bits per heavy atom. The summed E-state index contributed by atoms with van der Waals surface area (Å²) in [5.41, 5.74) is 7.78. The monoisotopic (exact) mass is 313 g/mol. The first-order valence-electron chi connectivity index (χ1n) is 6.29. The number of halogens is 2. The van der Waals surface area contributed by atoms with Gasteiger partial charge >= 0.3 is 0 Å². The number of hydrogen-bond acceptors (Lipinski definition) is 3. The predicted molar refractivity (Wildman–Crippen MR) is 81.8 cm³/mol. The normalized spacial score (nSPS) is 12.5. The number of benzene rings is 1. The highest BCUT2D eigenvalue weighted by Crippen LogP contribution is 2.34. The summed E-state index contributed by atoms with van der Waals surface area (Å²) < 4.78 is 7.59. The molecular weight excluding hydrogens is 297 g/mol. The molecule has 6 heteroatoms. The Bertz CT molecular complexity index is 623. The van der Waals surface area contributed by atoms with Crippen molar-refractivity contribution in [2.24, 2.45) is 12.8 Å². The van der Waals surface area contributed by atoms with Gasteiger partial charge in [0, 0.05) is 23.7 Å². The van der Waals surface area contributed by atoms with Crippen molar-refractivity contribution < 1.29 is 4.74 Å². The van der Waals surface area contributed by atoms with Crippen molar-refractivity contribution in [1.82, 2.24) is 9.78 Å². The zero-order valence-electron chi connectivity index (χ0n) is 11.7. The van der Waals surface area contributed by atoms with Crippen LogP contribution < -0.4 is 10.5 Å². The van der Waals surface area contributed by atoms with Gasteiger partial charge in [-0.3, -0.25) is 0 Å². The maximum absolute atomic E-state index is 6.13. The van der Waals surface area contributed by atoms with E-state index < -0.39 is 0 Å². The van der Waals surface area contributed by atoms with Crippen LogP contribution in [0.5, 0.6) is 11.6 Å². The number of nitrogens with two attached hydrogens (primary N) is 1. The van der Waals surface area contributed by atoms with Crippen LogP contribution in [-0.2, 0) is 13.5 Å². The van der Waals surface area contributed by atoms with E-state index in [9.17, 15) is 0 Å². The molecule has 0 aliphatic heterocycles. The summed E-state index contributed by atoms with van der Waals surface area (Å²) in [4.78, 5) is 0. The van der Waals surface area contributed by atoms with E-state index in [-0.39, 0.29) is 6.04 Å². The third-order valence-corrected chi connectivity index (χ3v) is 3.45. The number of ether oxygens (including phenoxy) is 1. The molecule has 1 aromatic heterocycles. The molecule has 0 bridgehead atoms. The molecule has 2 aromatic rings. The molecular formula is C14H17Cl2N3O. The molecule has 0 aliphatic carbocycles. The fourth-order valence-corrected chi connectivity index (χ4v) is 2.47. The first-order valence-corrected chi connectivity index (χ1v) is 7.05. The van der Waals surface area contributed by atoms with Gasteiger partial charge in [-0.1, -0.05) is 23.2 Å². The van der Waals surface area contributed by atoms with Gasteiger partial charge in [0.15, 0.2) is 0 Å². The fraction of sp³-hybridized carbons (Fsp3) is 0.357. The SMILES string of the molecule is Cc1nn(C)c(Oc2ccc(Cl)cc2Cl)c1CC(C)N. The fourth-order valence-electron chi connectivity index (χ4n) is 2.03. The van der Waals surface area contributed by atoms with E-state index >= 15 is 0 Å². The van der Waals surface area contributed by atoms with Gasteiger partial charge in [0.25, 0.3) is 0 Å². The summed E-state index contributed by atoms with van der Waals surface area (Å²) in [5.74, 6) is 1.20. The summed E-state index contributed by atoms with van der Waals surface area (Å²) in [6, 6.07) is 5.15. The van der Waals surface area contributed by atoms with Crippen LogP contribution in [0.15, 0.2) is 18.2 Å². The van der Waals surface area contributed by atoms with Crippen LogP contribution in [0.2, 0.25) is 10.0 Å². The van der Waals surface area contributed by atoms with E-state index in [1.807, 2.05) is 20.9 Å². The lowest BCUT2D eigenvalue weighted by molar-refractivity contribution is 0.424. The number of nitrogens with zero attached hydrogens (tertiary/aromatic N) is 2. The Balaban J connectivity index is 2.37. The van der Waals surface area contributed by atoms with Crippen LogP contribution in [0.25, 0.3) is 0 Å². The van der Waals surface area contributed by atoms with E-state index in [2.05, 4.69) is 5.10 Å². The topological polar surface area (TPSA) is 53.1 Å². The van der Waals surface area contributed by atoms with Crippen molar-refractivity contribution in [2.45, 2.75) is 26.3 Å². The number of aromatic nitrogens is 2. The van der Waals surface area contributed by atoms with Crippen molar-refractivity contribution in [3.8, 4) is 11.6 Å². The van der Waals surface area contributed by atoms with E-state index in [1.165, 1.54) is 0 Å². The number of rotatable bonds is 4. The van der Waals surface area contributed by atoms with Gasteiger partial charge in [0.2, 0.25) is 5.88 Å². The molecule has 0 amide bonds. The maximum atomic E-state index is 6.13. The molecule has 0 radical (unpaired) electrons. The van der Waals surface area contributed by atoms with Crippen molar-refractivity contribution in [1.29, 1.82) is 0 Å². The Morgan fingerprint density at radius 1 is 1.40 bits per heavy atom. The smallest absolute Gasteiger partial charge is 0.221 e. The van der Waals surface area contributed by atoms with Crippen molar-refractivity contribution in [3.05, 3.63) is 39.5 Å². The van der Waals surface area contributed by atoms with Gasteiger partial charge in [-0.25, -0.2) is 4.68 Å². The minimum absolute atomic E-state index is 0.0286. The Morgan fingerprint density at radius 3 is 2.70 bits per heavy atom. The molecule has 0 fully saturated rings. The van der Waals surface area contributed by atoms with Crippen molar-refractivity contribution in [3.63, 3.8) is 0 Å². The second-order valence-electron chi connectivity index (χ2n) is 4.85. The van der Waals surface area contributed by atoms with Gasteiger partial charge in [-0.15, -0.1) is 0 Å². The van der Waals surface area contributed by atoms with E-state index in [4.69, 9.17) is 33.7 Å². The largest absolute Gasteiger partial charge is 0.437 e. The van der Waals surface area contributed by atoms with Crippen LogP contribution in [0, 0.1) is 6.92 Å².